The Hall–Kier alpha value is -2.22. The van der Waals surface area contributed by atoms with E-state index in [1.165, 1.54) is 0 Å². The number of nitrogens with one attached hydrogen (secondary N) is 1. The molecule has 2 atom stereocenters. The number of alkyl carbamates (subject to hydrolysis) is 1. The number of carbonyl (C=O) groups is 2. The first kappa shape index (κ1) is 18.1. The van der Waals surface area contributed by atoms with Gasteiger partial charge in [-0.2, -0.15) is 0 Å². The summed E-state index contributed by atoms with van der Waals surface area (Å²) in [5.41, 5.74) is 1.57. The molecule has 0 fully saturated rings. The van der Waals surface area contributed by atoms with E-state index in [9.17, 15) is 19.8 Å². The maximum absolute atomic E-state index is 11.6. The maximum Gasteiger partial charge on any atom is 0.407 e. The number of aryl methyl sites for hydroxylation is 1. The van der Waals surface area contributed by atoms with Crippen molar-refractivity contribution in [2.75, 3.05) is 6.54 Å². The van der Waals surface area contributed by atoms with Gasteiger partial charge in [0, 0.05) is 11.4 Å². The van der Waals surface area contributed by atoms with Crippen molar-refractivity contribution in [2.24, 2.45) is 0 Å². The van der Waals surface area contributed by atoms with Gasteiger partial charge in [0.15, 0.2) is 6.29 Å². The first-order valence-corrected chi connectivity index (χ1v) is 8.19. The summed E-state index contributed by atoms with van der Waals surface area (Å²) < 4.78 is 5.02. The van der Waals surface area contributed by atoms with E-state index in [1.807, 2.05) is 30.3 Å². The highest BCUT2D eigenvalue weighted by Gasteiger charge is 2.23. The summed E-state index contributed by atoms with van der Waals surface area (Å²) >= 11 is 1.12. The average molecular weight is 349 g/mol. The van der Waals surface area contributed by atoms with Gasteiger partial charge in [-0.05, 0) is 24.1 Å². The second-order valence-corrected chi connectivity index (χ2v) is 6.38. The summed E-state index contributed by atoms with van der Waals surface area (Å²) in [6, 6.07) is 10.8. The van der Waals surface area contributed by atoms with Crippen molar-refractivity contribution in [2.45, 2.75) is 25.7 Å². The predicted molar refractivity (Wildman–Crippen MR) is 90.0 cm³/mol. The second kappa shape index (κ2) is 8.58. The molecule has 1 aromatic carbocycles. The van der Waals surface area contributed by atoms with E-state index in [4.69, 9.17) is 4.74 Å². The fourth-order valence-electron chi connectivity index (χ4n) is 2.12. The summed E-state index contributed by atoms with van der Waals surface area (Å²) in [5.74, 6) is 0. The Labute approximate surface area is 143 Å². The van der Waals surface area contributed by atoms with Crippen molar-refractivity contribution in [3.8, 4) is 0 Å². The Morgan fingerprint density at radius 1 is 1.33 bits per heavy atom. The maximum atomic E-state index is 11.6. The van der Waals surface area contributed by atoms with Crippen LogP contribution >= 0.6 is 11.3 Å². The molecule has 1 heterocycles. The fraction of sp³-hybridized carbons (Fsp3) is 0.294. The number of aliphatic hydroxyl groups excluding tert-OH is 2. The van der Waals surface area contributed by atoms with Crippen LogP contribution in [0.15, 0.2) is 36.4 Å². The van der Waals surface area contributed by atoms with Gasteiger partial charge in [-0.25, -0.2) is 4.79 Å². The third kappa shape index (κ3) is 4.89. The first-order valence-electron chi connectivity index (χ1n) is 7.37. The van der Waals surface area contributed by atoms with Crippen molar-refractivity contribution >= 4 is 23.7 Å². The minimum absolute atomic E-state index is 0.123. The van der Waals surface area contributed by atoms with Crippen LogP contribution in [-0.2, 0) is 11.3 Å². The number of hydrogen-bond acceptors (Lipinski definition) is 6. The molecule has 0 bridgehead atoms. The van der Waals surface area contributed by atoms with E-state index in [1.54, 1.807) is 13.0 Å². The summed E-state index contributed by atoms with van der Waals surface area (Å²) in [5, 5.41) is 22.6. The number of hydrogen-bond donors (Lipinski definition) is 3. The summed E-state index contributed by atoms with van der Waals surface area (Å²) in [6.45, 7) is 1.71. The molecule has 3 N–H and O–H groups in total. The normalized spacial score (nSPS) is 13.1. The predicted octanol–water partition coefficient (Wildman–Crippen LogP) is 2.19. The first-order chi connectivity index (χ1) is 11.5. The number of aldehydes is 1. The zero-order valence-corrected chi connectivity index (χ0v) is 14.0. The molecule has 0 saturated heterocycles. The minimum Gasteiger partial charge on any atom is -0.445 e. The molecule has 0 saturated carbocycles. The number of ether oxygens (including phenoxy) is 1. The number of thiophene rings is 1. The van der Waals surface area contributed by atoms with Gasteiger partial charge in [0.25, 0.3) is 0 Å². The van der Waals surface area contributed by atoms with Gasteiger partial charge in [-0.3, -0.25) is 4.79 Å². The van der Waals surface area contributed by atoms with Crippen molar-refractivity contribution in [1.29, 1.82) is 0 Å². The van der Waals surface area contributed by atoms with Gasteiger partial charge in [0.05, 0.1) is 4.88 Å². The lowest BCUT2D eigenvalue weighted by molar-refractivity contribution is 0.0202. The zero-order valence-electron chi connectivity index (χ0n) is 13.1. The van der Waals surface area contributed by atoms with Crippen LogP contribution in [0.1, 0.15) is 31.8 Å². The van der Waals surface area contributed by atoms with Crippen LogP contribution in [0, 0.1) is 6.92 Å². The summed E-state index contributed by atoms with van der Waals surface area (Å²) in [6.07, 6.45) is -2.37. The Bertz CT molecular complexity index is 686. The van der Waals surface area contributed by atoms with E-state index in [0.29, 0.717) is 16.0 Å². The highest BCUT2D eigenvalue weighted by molar-refractivity contribution is 7.13. The SMILES string of the molecule is Cc1cc(C=O)sc1C(O)C(O)CNC(=O)OCc1ccccc1. The molecule has 2 rings (SSSR count). The van der Waals surface area contributed by atoms with Crippen LogP contribution < -0.4 is 5.32 Å². The molecule has 0 spiro atoms. The third-order valence-electron chi connectivity index (χ3n) is 3.39. The number of benzene rings is 1. The van der Waals surface area contributed by atoms with Crippen molar-refractivity contribution in [1.82, 2.24) is 5.32 Å². The summed E-state index contributed by atoms with van der Waals surface area (Å²) in [4.78, 5) is 23.4. The molecule has 1 aromatic heterocycles. The fourth-order valence-corrected chi connectivity index (χ4v) is 3.16. The Morgan fingerprint density at radius 3 is 2.67 bits per heavy atom. The average Bonchev–Trinajstić information content (AvgIpc) is 2.99. The summed E-state index contributed by atoms with van der Waals surface area (Å²) in [7, 11) is 0. The monoisotopic (exact) mass is 349 g/mol. The van der Waals surface area contributed by atoms with Gasteiger partial charge in [-0.1, -0.05) is 30.3 Å². The molecule has 6 nitrogen and oxygen atoms in total. The van der Waals surface area contributed by atoms with E-state index >= 15 is 0 Å². The molecule has 2 unspecified atom stereocenters. The van der Waals surface area contributed by atoms with E-state index in [-0.39, 0.29) is 13.2 Å². The third-order valence-corrected chi connectivity index (χ3v) is 4.63. The van der Waals surface area contributed by atoms with Gasteiger partial charge >= 0.3 is 6.09 Å². The Balaban J connectivity index is 1.81. The number of aliphatic hydroxyl groups is 2. The van der Waals surface area contributed by atoms with Gasteiger partial charge in [-0.15, -0.1) is 11.3 Å². The van der Waals surface area contributed by atoms with Crippen molar-refractivity contribution in [3.05, 3.63) is 57.3 Å². The van der Waals surface area contributed by atoms with Crippen LogP contribution in [-0.4, -0.2) is 35.2 Å². The van der Waals surface area contributed by atoms with E-state index in [0.717, 1.165) is 22.5 Å². The molecule has 0 aliphatic heterocycles. The van der Waals surface area contributed by atoms with E-state index < -0.39 is 18.3 Å². The van der Waals surface area contributed by atoms with Crippen LogP contribution in [0.3, 0.4) is 0 Å². The highest BCUT2D eigenvalue weighted by atomic mass is 32.1. The molecule has 24 heavy (non-hydrogen) atoms. The van der Waals surface area contributed by atoms with Crippen LogP contribution in [0.2, 0.25) is 0 Å². The number of carbonyl (C=O) groups excluding carboxylic acids is 2. The molecule has 2 aromatic rings. The van der Waals surface area contributed by atoms with Gasteiger partial charge < -0.3 is 20.3 Å². The zero-order chi connectivity index (χ0) is 17.5. The van der Waals surface area contributed by atoms with Crippen LogP contribution in [0.4, 0.5) is 4.79 Å². The Morgan fingerprint density at radius 2 is 2.04 bits per heavy atom. The highest BCUT2D eigenvalue weighted by Crippen LogP contribution is 2.29. The molecule has 0 aliphatic rings. The number of amides is 1. The molecule has 0 aliphatic carbocycles. The topological polar surface area (TPSA) is 95.9 Å². The van der Waals surface area contributed by atoms with Crippen molar-refractivity contribution in [3.63, 3.8) is 0 Å². The van der Waals surface area contributed by atoms with E-state index in [2.05, 4.69) is 5.32 Å². The largest absolute Gasteiger partial charge is 0.445 e. The molecular formula is C17H19NO5S. The molecule has 1 amide bonds. The van der Waals surface area contributed by atoms with Gasteiger partial charge in [0.1, 0.15) is 18.8 Å². The molecular weight excluding hydrogens is 330 g/mol. The lowest BCUT2D eigenvalue weighted by Gasteiger charge is -2.18. The second-order valence-electron chi connectivity index (χ2n) is 5.27. The quantitative estimate of drug-likeness (QED) is 0.666. The number of rotatable bonds is 7. The standard InChI is InChI=1S/C17H19NO5S/c1-11-7-13(9-19)24-16(11)15(21)14(20)8-18-17(22)23-10-12-5-3-2-4-6-12/h2-7,9,14-15,20-21H,8,10H2,1H3,(H,18,22). The van der Waals surface area contributed by atoms with Gasteiger partial charge in [0.2, 0.25) is 0 Å². The van der Waals surface area contributed by atoms with Crippen LogP contribution in [0.5, 0.6) is 0 Å². The molecule has 7 heteroatoms. The van der Waals surface area contributed by atoms with Crippen molar-refractivity contribution < 1.29 is 24.5 Å². The molecule has 0 radical (unpaired) electrons. The lowest BCUT2D eigenvalue weighted by Crippen LogP contribution is -2.35. The molecule has 128 valence electrons. The lowest BCUT2D eigenvalue weighted by atomic mass is 10.1. The van der Waals surface area contributed by atoms with Crippen LogP contribution in [0.25, 0.3) is 0 Å². The Kier molecular flexibility index (Phi) is 6.48. The smallest absolute Gasteiger partial charge is 0.407 e. The minimum atomic E-state index is -1.20.